The molecule has 2 aromatic heterocycles. The number of thiazole rings is 1. The SMILES string of the molecule is CN(Cc1cnc[nH]1)c1nc2ccc(F)cc2s1. The van der Waals surface area contributed by atoms with Gasteiger partial charge in [0, 0.05) is 13.2 Å². The van der Waals surface area contributed by atoms with Crippen molar-refractivity contribution in [3.05, 3.63) is 42.2 Å². The van der Waals surface area contributed by atoms with Gasteiger partial charge < -0.3 is 9.88 Å². The van der Waals surface area contributed by atoms with Gasteiger partial charge in [-0.3, -0.25) is 0 Å². The molecule has 0 spiro atoms. The molecule has 0 radical (unpaired) electrons. The number of aromatic nitrogens is 3. The van der Waals surface area contributed by atoms with Crippen molar-refractivity contribution in [2.75, 3.05) is 11.9 Å². The van der Waals surface area contributed by atoms with Crippen LogP contribution in [0, 0.1) is 5.82 Å². The maximum Gasteiger partial charge on any atom is 0.186 e. The number of imidazole rings is 1. The molecule has 0 aliphatic rings. The quantitative estimate of drug-likeness (QED) is 0.789. The monoisotopic (exact) mass is 262 g/mol. The molecule has 0 aliphatic carbocycles. The van der Waals surface area contributed by atoms with Gasteiger partial charge in [0.15, 0.2) is 5.13 Å². The van der Waals surface area contributed by atoms with Gasteiger partial charge in [-0.15, -0.1) is 0 Å². The number of hydrogen-bond donors (Lipinski definition) is 1. The third-order valence-corrected chi connectivity index (χ3v) is 3.76. The van der Waals surface area contributed by atoms with Gasteiger partial charge in [-0.2, -0.15) is 0 Å². The van der Waals surface area contributed by atoms with E-state index in [-0.39, 0.29) is 5.82 Å². The maximum absolute atomic E-state index is 13.1. The highest BCUT2D eigenvalue weighted by Gasteiger charge is 2.09. The Hall–Kier alpha value is -1.95. The molecule has 0 unspecified atom stereocenters. The van der Waals surface area contributed by atoms with Crippen LogP contribution in [-0.2, 0) is 6.54 Å². The molecule has 1 aromatic carbocycles. The molecular formula is C12H11FN4S. The van der Waals surface area contributed by atoms with Crippen molar-refractivity contribution in [1.82, 2.24) is 15.0 Å². The van der Waals surface area contributed by atoms with Crippen LogP contribution in [0.3, 0.4) is 0 Å². The van der Waals surface area contributed by atoms with Gasteiger partial charge in [0.2, 0.25) is 0 Å². The molecule has 0 bridgehead atoms. The van der Waals surface area contributed by atoms with Gasteiger partial charge in [0.05, 0.1) is 28.8 Å². The van der Waals surface area contributed by atoms with E-state index in [0.29, 0.717) is 6.54 Å². The number of hydrogen-bond acceptors (Lipinski definition) is 4. The number of nitrogens with zero attached hydrogens (tertiary/aromatic N) is 3. The molecule has 0 amide bonds. The van der Waals surface area contributed by atoms with Crippen molar-refractivity contribution in [2.24, 2.45) is 0 Å². The molecule has 92 valence electrons. The lowest BCUT2D eigenvalue weighted by Gasteiger charge is -2.13. The van der Waals surface area contributed by atoms with E-state index < -0.39 is 0 Å². The van der Waals surface area contributed by atoms with E-state index in [1.54, 1.807) is 18.6 Å². The predicted octanol–water partition coefficient (Wildman–Crippen LogP) is 2.79. The molecule has 0 saturated carbocycles. The van der Waals surface area contributed by atoms with Crippen molar-refractivity contribution in [3.8, 4) is 0 Å². The number of aromatic amines is 1. The lowest BCUT2D eigenvalue weighted by molar-refractivity contribution is 0.630. The molecule has 0 aliphatic heterocycles. The summed E-state index contributed by atoms with van der Waals surface area (Å²) in [5.74, 6) is -0.228. The van der Waals surface area contributed by atoms with E-state index in [4.69, 9.17) is 0 Å². The second kappa shape index (κ2) is 4.38. The first-order valence-electron chi connectivity index (χ1n) is 5.47. The van der Waals surface area contributed by atoms with E-state index in [1.165, 1.54) is 23.5 Å². The molecule has 4 nitrogen and oxygen atoms in total. The van der Waals surface area contributed by atoms with Crippen LogP contribution >= 0.6 is 11.3 Å². The van der Waals surface area contributed by atoms with Crippen molar-refractivity contribution in [3.63, 3.8) is 0 Å². The Bertz CT molecular complexity index is 662. The van der Waals surface area contributed by atoms with Crippen molar-refractivity contribution in [1.29, 1.82) is 0 Å². The number of rotatable bonds is 3. The van der Waals surface area contributed by atoms with E-state index in [1.807, 2.05) is 11.9 Å². The molecule has 6 heteroatoms. The van der Waals surface area contributed by atoms with Crippen LogP contribution in [0.25, 0.3) is 10.2 Å². The standard InChI is InChI=1S/C12H11FN4S/c1-17(6-9-5-14-7-15-9)12-16-10-3-2-8(13)4-11(10)18-12/h2-5,7H,6H2,1H3,(H,14,15). The Kier molecular flexibility index (Phi) is 2.71. The first kappa shape index (κ1) is 11.2. The lowest BCUT2D eigenvalue weighted by Crippen LogP contribution is -2.16. The zero-order valence-electron chi connectivity index (χ0n) is 9.72. The highest BCUT2D eigenvalue weighted by atomic mass is 32.1. The van der Waals surface area contributed by atoms with Crippen molar-refractivity contribution in [2.45, 2.75) is 6.54 Å². The number of anilines is 1. The molecular weight excluding hydrogens is 251 g/mol. The Labute approximate surface area is 107 Å². The van der Waals surface area contributed by atoms with Gasteiger partial charge in [-0.1, -0.05) is 11.3 Å². The van der Waals surface area contributed by atoms with Crippen LogP contribution in [0.15, 0.2) is 30.7 Å². The van der Waals surface area contributed by atoms with Crippen LogP contribution in [0.4, 0.5) is 9.52 Å². The largest absolute Gasteiger partial charge is 0.347 e. The van der Waals surface area contributed by atoms with Crippen molar-refractivity contribution >= 4 is 26.7 Å². The Balaban J connectivity index is 1.89. The fourth-order valence-electron chi connectivity index (χ4n) is 1.74. The van der Waals surface area contributed by atoms with Crippen LogP contribution in [0.2, 0.25) is 0 Å². The second-order valence-electron chi connectivity index (χ2n) is 4.04. The number of halogens is 1. The Morgan fingerprint density at radius 2 is 2.33 bits per heavy atom. The molecule has 1 N–H and O–H groups in total. The van der Waals surface area contributed by atoms with Gasteiger partial charge >= 0.3 is 0 Å². The zero-order chi connectivity index (χ0) is 12.5. The number of benzene rings is 1. The minimum atomic E-state index is -0.228. The molecule has 3 rings (SSSR count). The fourth-order valence-corrected chi connectivity index (χ4v) is 2.69. The van der Waals surface area contributed by atoms with Crippen LogP contribution in [0.1, 0.15) is 5.69 Å². The molecule has 0 atom stereocenters. The normalized spacial score (nSPS) is 11.0. The van der Waals surface area contributed by atoms with E-state index in [9.17, 15) is 4.39 Å². The minimum Gasteiger partial charge on any atom is -0.347 e. The average Bonchev–Trinajstić information content (AvgIpc) is 2.96. The highest BCUT2D eigenvalue weighted by molar-refractivity contribution is 7.22. The summed E-state index contributed by atoms with van der Waals surface area (Å²) in [4.78, 5) is 13.5. The zero-order valence-corrected chi connectivity index (χ0v) is 10.5. The molecule has 0 saturated heterocycles. The topological polar surface area (TPSA) is 44.8 Å². The first-order valence-corrected chi connectivity index (χ1v) is 6.28. The van der Waals surface area contributed by atoms with Crippen LogP contribution in [-0.4, -0.2) is 22.0 Å². The highest BCUT2D eigenvalue weighted by Crippen LogP contribution is 2.29. The molecule has 18 heavy (non-hydrogen) atoms. The van der Waals surface area contributed by atoms with Crippen LogP contribution < -0.4 is 4.90 Å². The first-order chi connectivity index (χ1) is 8.72. The summed E-state index contributed by atoms with van der Waals surface area (Å²) in [6.45, 7) is 0.697. The minimum absolute atomic E-state index is 0.228. The van der Waals surface area contributed by atoms with Gasteiger partial charge in [-0.25, -0.2) is 14.4 Å². The number of H-pyrrole nitrogens is 1. The average molecular weight is 262 g/mol. The third-order valence-electron chi connectivity index (χ3n) is 2.63. The summed E-state index contributed by atoms with van der Waals surface area (Å²) in [5, 5.41) is 0.866. The summed E-state index contributed by atoms with van der Waals surface area (Å²) in [7, 11) is 1.95. The van der Waals surface area contributed by atoms with Crippen LogP contribution in [0.5, 0.6) is 0 Å². The molecule has 3 aromatic rings. The molecule has 2 heterocycles. The maximum atomic E-state index is 13.1. The van der Waals surface area contributed by atoms with Gasteiger partial charge in [-0.05, 0) is 18.2 Å². The summed E-state index contributed by atoms with van der Waals surface area (Å²) in [6, 6.07) is 4.65. The lowest BCUT2D eigenvalue weighted by atomic mass is 10.3. The van der Waals surface area contributed by atoms with Gasteiger partial charge in [0.1, 0.15) is 5.82 Å². The Morgan fingerprint density at radius 1 is 1.44 bits per heavy atom. The summed E-state index contributed by atoms with van der Waals surface area (Å²) >= 11 is 1.48. The summed E-state index contributed by atoms with van der Waals surface area (Å²) < 4.78 is 14.0. The van der Waals surface area contributed by atoms with E-state index in [2.05, 4.69) is 15.0 Å². The van der Waals surface area contributed by atoms with Crippen molar-refractivity contribution < 1.29 is 4.39 Å². The summed E-state index contributed by atoms with van der Waals surface area (Å²) in [6.07, 6.45) is 3.43. The van der Waals surface area contributed by atoms with E-state index >= 15 is 0 Å². The third kappa shape index (κ3) is 2.06. The predicted molar refractivity (Wildman–Crippen MR) is 70.3 cm³/mol. The smallest absolute Gasteiger partial charge is 0.186 e. The number of fused-ring (bicyclic) bond motifs is 1. The van der Waals surface area contributed by atoms with Gasteiger partial charge in [0.25, 0.3) is 0 Å². The number of nitrogens with one attached hydrogen (secondary N) is 1. The molecule has 0 fully saturated rings. The summed E-state index contributed by atoms with van der Waals surface area (Å²) in [5.41, 5.74) is 1.84. The fraction of sp³-hybridized carbons (Fsp3) is 0.167. The Morgan fingerprint density at radius 3 is 3.11 bits per heavy atom. The van der Waals surface area contributed by atoms with E-state index in [0.717, 1.165) is 21.0 Å². The second-order valence-corrected chi connectivity index (χ2v) is 5.05.